The molecular weight excluding hydrogens is 262 g/mol. The van der Waals surface area contributed by atoms with Crippen molar-refractivity contribution in [1.29, 1.82) is 0 Å². The molecule has 3 rings (SSSR count). The van der Waals surface area contributed by atoms with Gasteiger partial charge in [-0.3, -0.25) is 15.2 Å². The number of hydrogen-bond acceptors (Lipinski definition) is 6. The number of non-ortho nitro benzene ring substituents is 1. The highest BCUT2D eigenvalue weighted by Crippen LogP contribution is 2.23. The van der Waals surface area contributed by atoms with Crippen LogP contribution in [0.3, 0.4) is 0 Å². The molecule has 0 bridgehead atoms. The monoisotopic (exact) mass is 273 g/mol. The first-order valence-electron chi connectivity index (χ1n) is 5.91. The van der Waals surface area contributed by atoms with Crippen LogP contribution < -0.4 is 5.32 Å². The molecule has 8 nitrogen and oxygen atoms in total. The van der Waals surface area contributed by atoms with Crippen molar-refractivity contribution < 1.29 is 9.34 Å². The first kappa shape index (κ1) is 12.2. The number of nitrogens with zero attached hydrogens (tertiary/aromatic N) is 3. The lowest BCUT2D eigenvalue weighted by Gasteiger charge is -1.99. The summed E-state index contributed by atoms with van der Waals surface area (Å²) in [6.45, 7) is 2.43. The third-order valence-electron chi connectivity index (χ3n) is 2.95. The van der Waals surface area contributed by atoms with Gasteiger partial charge in [0.2, 0.25) is 0 Å². The highest BCUT2D eigenvalue weighted by molar-refractivity contribution is 5.77. The van der Waals surface area contributed by atoms with Crippen LogP contribution >= 0.6 is 0 Å². The van der Waals surface area contributed by atoms with Gasteiger partial charge in [0.25, 0.3) is 11.7 Å². The van der Waals surface area contributed by atoms with Gasteiger partial charge < -0.3 is 9.73 Å². The molecule has 0 atom stereocenters. The summed E-state index contributed by atoms with van der Waals surface area (Å²) in [5.41, 5.74) is 2.89. The number of oxazole rings is 1. The molecule has 0 fully saturated rings. The molecule has 0 aliphatic rings. The van der Waals surface area contributed by atoms with Crippen LogP contribution in [-0.2, 0) is 6.54 Å². The highest BCUT2D eigenvalue weighted by atomic mass is 16.6. The van der Waals surface area contributed by atoms with Crippen LogP contribution in [0.15, 0.2) is 28.8 Å². The predicted octanol–water partition coefficient (Wildman–Crippen LogP) is 2.38. The quantitative estimate of drug-likeness (QED) is 0.557. The first-order valence-corrected chi connectivity index (χ1v) is 5.91. The molecule has 0 radical (unpaired) electrons. The first-order chi connectivity index (χ1) is 9.63. The maximum Gasteiger partial charge on any atom is 0.295 e. The molecule has 1 aromatic carbocycles. The minimum Gasteiger partial charge on any atom is -0.423 e. The molecule has 0 aliphatic carbocycles. The summed E-state index contributed by atoms with van der Waals surface area (Å²) in [5, 5.41) is 20.5. The van der Waals surface area contributed by atoms with Crippen LogP contribution in [0.25, 0.3) is 11.1 Å². The van der Waals surface area contributed by atoms with Crippen molar-refractivity contribution in [3.8, 4) is 0 Å². The number of nitro benzene ring substituents is 1. The lowest BCUT2D eigenvalue weighted by molar-refractivity contribution is -0.384. The van der Waals surface area contributed by atoms with E-state index in [4.69, 9.17) is 4.42 Å². The molecule has 0 unspecified atom stereocenters. The second-order valence-electron chi connectivity index (χ2n) is 4.30. The summed E-state index contributed by atoms with van der Waals surface area (Å²) in [6.07, 6.45) is 1.72. The summed E-state index contributed by atoms with van der Waals surface area (Å²) in [4.78, 5) is 14.4. The molecule has 0 spiro atoms. The number of aryl methyl sites for hydroxylation is 1. The maximum absolute atomic E-state index is 10.7. The largest absolute Gasteiger partial charge is 0.423 e. The summed E-state index contributed by atoms with van der Waals surface area (Å²) < 4.78 is 5.44. The molecule has 102 valence electrons. The van der Waals surface area contributed by atoms with E-state index in [2.05, 4.69) is 20.5 Å². The average molecular weight is 273 g/mol. The van der Waals surface area contributed by atoms with Crippen molar-refractivity contribution in [3.05, 3.63) is 45.8 Å². The number of fused-ring (bicyclic) bond motifs is 1. The molecule has 0 saturated carbocycles. The number of aromatic amines is 1. The Hall–Kier alpha value is -2.90. The molecule has 2 aromatic heterocycles. The highest BCUT2D eigenvalue weighted by Gasteiger charge is 2.11. The van der Waals surface area contributed by atoms with Gasteiger partial charge in [-0.05, 0) is 13.0 Å². The lowest BCUT2D eigenvalue weighted by Crippen LogP contribution is -1.99. The fourth-order valence-corrected chi connectivity index (χ4v) is 1.83. The van der Waals surface area contributed by atoms with Crippen LogP contribution in [-0.4, -0.2) is 20.1 Å². The van der Waals surface area contributed by atoms with Gasteiger partial charge in [0.05, 0.1) is 17.2 Å². The topological polar surface area (TPSA) is 110 Å². The lowest BCUT2D eigenvalue weighted by atomic mass is 10.3. The normalized spacial score (nSPS) is 10.8. The van der Waals surface area contributed by atoms with E-state index < -0.39 is 4.92 Å². The van der Waals surface area contributed by atoms with E-state index in [-0.39, 0.29) is 5.69 Å². The molecular formula is C12H11N5O3. The second kappa shape index (κ2) is 4.65. The Labute approximate surface area is 113 Å². The number of hydrogen-bond donors (Lipinski definition) is 2. The van der Waals surface area contributed by atoms with E-state index in [1.54, 1.807) is 12.3 Å². The zero-order valence-electron chi connectivity index (χ0n) is 10.6. The molecule has 2 heterocycles. The minimum atomic E-state index is -0.468. The number of aromatic nitrogens is 3. The summed E-state index contributed by atoms with van der Waals surface area (Å²) in [6, 6.07) is 4.64. The molecule has 0 saturated heterocycles. The third-order valence-corrected chi connectivity index (χ3v) is 2.95. The Morgan fingerprint density at radius 1 is 1.50 bits per heavy atom. The van der Waals surface area contributed by atoms with Crippen molar-refractivity contribution >= 4 is 22.8 Å². The number of nitro groups is 1. The Morgan fingerprint density at radius 2 is 2.35 bits per heavy atom. The van der Waals surface area contributed by atoms with E-state index in [0.717, 1.165) is 11.3 Å². The fourth-order valence-electron chi connectivity index (χ4n) is 1.83. The Morgan fingerprint density at radius 3 is 3.05 bits per heavy atom. The van der Waals surface area contributed by atoms with E-state index in [9.17, 15) is 10.1 Å². The number of rotatable bonds is 4. The van der Waals surface area contributed by atoms with Crippen molar-refractivity contribution in [2.45, 2.75) is 13.5 Å². The van der Waals surface area contributed by atoms with Crippen molar-refractivity contribution in [1.82, 2.24) is 15.2 Å². The Kier molecular flexibility index (Phi) is 2.82. The standard InChI is InChI=1S/C12H11N5O3/c1-7-8(6-14-16-7)5-13-12-15-10-3-2-9(17(18)19)4-11(10)20-12/h2-4,6H,5H2,1H3,(H,13,15)(H,14,16). The molecule has 3 aromatic rings. The maximum atomic E-state index is 10.7. The van der Waals surface area contributed by atoms with E-state index in [1.807, 2.05) is 6.92 Å². The van der Waals surface area contributed by atoms with E-state index in [1.165, 1.54) is 12.1 Å². The van der Waals surface area contributed by atoms with Gasteiger partial charge in [0, 0.05) is 23.9 Å². The molecule has 8 heteroatoms. The van der Waals surface area contributed by atoms with Gasteiger partial charge in [-0.25, -0.2) is 0 Å². The van der Waals surface area contributed by atoms with Crippen LogP contribution in [0.4, 0.5) is 11.7 Å². The van der Waals surface area contributed by atoms with Gasteiger partial charge in [0.1, 0.15) is 5.52 Å². The van der Waals surface area contributed by atoms with Crippen molar-refractivity contribution in [2.75, 3.05) is 5.32 Å². The SMILES string of the molecule is Cc1[nH]ncc1CNc1nc2ccc([N+](=O)[O-])cc2o1. The molecule has 2 N–H and O–H groups in total. The van der Waals surface area contributed by atoms with E-state index >= 15 is 0 Å². The predicted molar refractivity (Wildman–Crippen MR) is 71.3 cm³/mol. The minimum absolute atomic E-state index is 0.0223. The smallest absolute Gasteiger partial charge is 0.295 e. The summed E-state index contributed by atoms with van der Waals surface area (Å²) in [5.74, 6) is 0. The van der Waals surface area contributed by atoms with Crippen molar-refractivity contribution in [2.24, 2.45) is 0 Å². The van der Waals surface area contributed by atoms with Crippen LogP contribution in [0, 0.1) is 17.0 Å². The zero-order valence-corrected chi connectivity index (χ0v) is 10.6. The molecule has 0 amide bonds. The number of benzene rings is 1. The second-order valence-corrected chi connectivity index (χ2v) is 4.30. The van der Waals surface area contributed by atoms with Crippen LogP contribution in [0.1, 0.15) is 11.3 Å². The number of nitrogens with one attached hydrogen (secondary N) is 2. The van der Waals surface area contributed by atoms with Gasteiger partial charge in [-0.1, -0.05) is 0 Å². The number of H-pyrrole nitrogens is 1. The van der Waals surface area contributed by atoms with Crippen molar-refractivity contribution in [3.63, 3.8) is 0 Å². The zero-order chi connectivity index (χ0) is 14.1. The molecule has 20 heavy (non-hydrogen) atoms. The van der Waals surface area contributed by atoms with Crippen LogP contribution in [0.2, 0.25) is 0 Å². The Balaban J connectivity index is 1.82. The van der Waals surface area contributed by atoms with E-state index in [0.29, 0.717) is 23.7 Å². The van der Waals surface area contributed by atoms with Gasteiger partial charge in [-0.2, -0.15) is 10.1 Å². The summed E-state index contributed by atoms with van der Waals surface area (Å²) >= 11 is 0. The van der Waals surface area contributed by atoms with Gasteiger partial charge in [-0.15, -0.1) is 0 Å². The molecule has 0 aliphatic heterocycles. The summed E-state index contributed by atoms with van der Waals surface area (Å²) in [7, 11) is 0. The third kappa shape index (κ3) is 2.18. The van der Waals surface area contributed by atoms with Gasteiger partial charge in [0.15, 0.2) is 5.58 Å². The average Bonchev–Trinajstić information content (AvgIpc) is 3.00. The number of anilines is 1. The fraction of sp³-hybridized carbons (Fsp3) is 0.167. The Bertz CT molecular complexity index is 776. The van der Waals surface area contributed by atoms with Crippen LogP contribution in [0.5, 0.6) is 0 Å². The van der Waals surface area contributed by atoms with Gasteiger partial charge >= 0.3 is 0 Å².